The smallest absolute Gasteiger partial charge is 0.274 e. The Labute approximate surface area is 176 Å². The molecule has 0 fully saturated rings. The van der Waals surface area contributed by atoms with Gasteiger partial charge in [0.15, 0.2) is 11.4 Å². The zero-order valence-corrected chi connectivity index (χ0v) is 16.5. The first-order valence-electron chi connectivity index (χ1n) is 9.15. The molecule has 1 aliphatic heterocycles. The number of benzene rings is 1. The van der Waals surface area contributed by atoms with Crippen molar-refractivity contribution in [3.63, 3.8) is 0 Å². The van der Waals surface area contributed by atoms with Gasteiger partial charge in [-0.2, -0.15) is 0 Å². The second kappa shape index (κ2) is 8.00. The normalized spacial score (nSPS) is 13.1. The Bertz CT molecular complexity index is 1190. The molecule has 0 spiro atoms. The van der Waals surface area contributed by atoms with Gasteiger partial charge in [-0.15, -0.1) is 0 Å². The molecule has 2 aromatic heterocycles. The van der Waals surface area contributed by atoms with E-state index in [1.165, 1.54) is 40.2 Å². The highest BCUT2D eigenvalue weighted by Gasteiger charge is 2.30. The molecule has 3 aromatic rings. The molecule has 9 heteroatoms. The van der Waals surface area contributed by atoms with E-state index in [4.69, 9.17) is 11.6 Å². The van der Waals surface area contributed by atoms with E-state index in [1.807, 2.05) is 6.07 Å². The molecule has 152 valence electrons. The van der Waals surface area contributed by atoms with E-state index in [2.05, 4.69) is 10.3 Å². The van der Waals surface area contributed by atoms with Gasteiger partial charge >= 0.3 is 0 Å². The number of carbonyl (C=O) groups excluding carboxylic acids is 2. The molecular weight excluding hydrogens is 408 g/mol. The number of aromatic hydroxyl groups is 1. The van der Waals surface area contributed by atoms with Crippen LogP contribution in [0.5, 0.6) is 5.75 Å². The van der Waals surface area contributed by atoms with Crippen molar-refractivity contribution in [1.82, 2.24) is 14.5 Å². The van der Waals surface area contributed by atoms with Gasteiger partial charge in [0.1, 0.15) is 5.69 Å². The van der Waals surface area contributed by atoms with Crippen LogP contribution in [0.2, 0.25) is 5.02 Å². The average molecular weight is 425 g/mol. The molecule has 1 aliphatic rings. The maximum absolute atomic E-state index is 12.9. The summed E-state index contributed by atoms with van der Waals surface area (Å²) in [4.78, 5) is 43.2. The van der Waals surface area contributed by atoms with Crippen LogP contribution in [0.25, 0.3) is 0 Å². The summed E-state index contributed by atoms with van der Waals surface area (Å²) in [7, 11) is 0. The van der Waals surface area contributed by atoms with Gasteiger partial charge in [-0.05, 0) is 29.8 Å². The minimum Gasteiger partial charge on any atom is -0.502 e. The van der Waals surface area contributed by atoms with Crippen molar-refractivity contribution in [2.24, 2.45) is 0 Å². The maximum Gasteiger partial charge on any atom is 0.274 e. The highest BCUT2D eigenvalue weighted by Crippen LogP contribution is 2.24. The van der Waals surface area contributed by atoms with Crippen LogP contribution in [-0.2, 0) is 13.1 Å². The highest BCUT2D eigenvalue weighted by atomic mass is 35.5. The average Bonchev–Trinajstić information content (AvgIpc) is 2.74. The number of amides is 2. The number of pyridine rings is 2. The first-order chi connectivity index (χ1) is 14.4. The quantitative estimate of drug-likeness (QED) is 0.669. The Morgan fingerprint density at radius 1 is 1.17 bits per heavy atom. The van der Waals surface area contributed by atoms with Gasteiger partial charge in [0.25, 0.3) is 11.8 Å². The molecule has 0 atom stereocenters. The summed E-state index contributed by atoms with van der Waals surface area (Å²) < 4.78 is 1.48. The largest absolute Gasteiger partial charge is 0.502 e. The zero-order chi connectivity index (χ0) is 21.3. The van der Waals surface area contributed by atoms with Gasteiger partial charge in [-0.25, -0.2) is 0 Å². The van der Waals surface area contributed by atoms with Gasteiger partial charge in [0.2, 0.25) is 5.43 Å². The number of carbonyl (C=O) groups is 2. The molecule has 2 amide bonds. The lowest BCUT2D eigenvalue weighted by Gasteiger charge is -2.30. The third kappa shape index (κ3) is 3.77. The molecule has 0 bridgehead atoms. The zero-order valence-electron chi connectivity index (χ0n) is 15.7. The van der Waals surface area contributed by atoms with Gasteiger partial charge in [-0.1, -0.05) is 23.7 Å². The Kier molecular flexibility index (Phi) is 5.24. The standard InChI is InChI=1S/C21H17ClN4O4/c22-15-3-1-2-13(10-15)11-26-9-8-25-12-16(18(27)19(28)17(25)21(26)30)24-20(29)14-4-6-23-7-5-14/h1-7,10,12,28H,8-9,11H2,(H,24,29). The topological polar surface area (TPSA) is 105 Å². The van der Waals surface area contributed by atoms with E-state index >= 15 is 0 Å². The van der Waals surface area contributed by atoms with E-state index in [0.29, 0.717) is 30.2 Å². The van der Waals surface area contributed by atoms with E-state index < -0.39 is 23.0 Å². The van der Waals surface area contributed by atoms with E-state index in [1.54, 1.807) is 18.2 Å². The molecule has 2 N–H and O–H groups in total. The summed E-state index contributed by atoms with van der Waals surface area (Å²) >= 11 is 6.00. The fraction of sp³-hybridized carbons (Fsp3) is 0.143. The number of aromatic nitrogens is 2. The first kappa shape index (κ1) is 19.7. The molecule has 30 heavy (non-hydrogen) atoms. The van der Waals surface area contributed by atoms with Gasteiger partial charge in [-0.3, -0.25) is 19.4 Å². The second-order valence-corrected chi connectivity index (χ2v) is 7.25. The monoisotopic (exact) mass is 424 g/mol. The SMILES string of the molecule is O=C(Nc1cn2c(c(O)c1=O)C(=O)N(Cc1cccc(Cl)c1)CC2)c1ccncc1. The first-order valence-corrected chi connectivity index (χ1v) is 9.53. The highest BCUT2D eigenvalue weighted by molar-refractivity contribution is 6.30. The van der Waals surface area contributed by atoms with Crippen molar-refractivity contribution in [2.75, 3.05) is 11.9 Å². The number of rotatable bonds is 4. The number of nitrogens with zero attached hydrogens (tertiary/aromatic N) is 3. The predicted molar refractivity (Wildman–Crippen MR) is 111 cm³/mol. The second-order valence-electron chi connectivity index (χ2n) is 6.81. The molecule has 4 rings (SSSR count). The van der Waals surface area contributed by atoms with Crippen LogP contribution in [-0.4, -0.2) is 37.9 Å². The van der Waals surface area contributed by atoms with Crippen LogP contribution < -0.4 is 10.7 Å². The van der Waals surface area contributed by atoms with Crippen LogP contribution in [0.1, 0.15) is 26.4 Å². The van der Waals surface area contributed by atoms with Crippen molar-refractivity contribution >= 4 is 29.1 Å². The summed E-state index contributed by atoms with van der Waals surface area (Å²) in [5, 5.41) is 13.5. The Hall–Kier alpha value is -3.65. The summed E-state index contributed by atoms with van der Waals surface area (Å²) in [5.74, 6) is -1.68. The minimum atomic E-state index is -0.818. The Balaban J connectivity index is 1.61. The Morgan fingerprint density at radius 3 is 2.67 bits per heavy atom. The van der Waals surface area contributed by atoms with Crippen LogP contribution >= 0.6 is 11.6 Å². The van der Waals surface area contributed by atoms with Gasteiger partial charge in [0.05, 0.1) is 0 Å². The summed E-state index contributed by atoms with van der Waals surface area (Å²) in [6.07, 6.45) is 4.30. The number of nitrogens with one attached hydrogen (secondary N) is 1. The number of anilines is 1. The van der Waals surface area contributed by atoms with Crippen molar-refractivity contribution in [3.8, 4) is 5.75 Å². The van der Waals surface area contributed by atoms with Crippen molar-refractivity contribution in [3.05, 3.63) is 87.1 Å². The molecule has 0 radical (unpaired) electrons. The van der Waals surface area contributed by atoms with Crippen LogP contribution in [0.3, 0.4) is 0 Å². The fourth-order valence-corrected chi connectivity index (χ4v) is 3.54. The molecule has 0 unspecified atom stereocenters. The van der Waals surface area contributed by atoms with Gasteiger partial charge in [0, 0.05) is 48.8 Å². The predicted octanol–water partition coefficient (Wildman–Crippen LogP) is 2.51. The van der Waals surface area contributed by atoms with E-state index in [-0.39, 0.29) is 11.4 Å². The third-order valence-electron chi connectivity index (χ3n) is 4.81. The molecular formula is C21H17ClN4O4. The lowest BCUT2D eigenvalue weighted by Crippen LogP contribution is -2.41. The van der Waals surface area contributed by atoms with Crippen LogP contribution in [0, 0.1) is 0 Å². The molecule has 3 heterocycles. The molecule has 1 aromatic carbocycles. The summed E-state index contributed by atoms with van der Waals surface area (Å²) in [6, 6.07) is 10.1. The van der Waals surface area contributed by atoms with Crippen molar-refractivity contribution in [1.29, 1.82) is 0 Å². The van der Waals surface area contributed by atoms with E-state index in [0.717, 1.165) is 5.56 Å². The van der Waals surface area contributed by atoms with Crippen molar-refractivity contribution < 1.29 is 14.7 Å². The number of fused-ring (bicyclic) bond motifs is 1. The van der Waals surface area contributed by atoms with Crippen LogP contribution in [0.15, 0.2) is 59.8 Å². The lowest BCUT2D eigenvalue weighted by molar-refractivity contribution is 0.0683. The molecule has 0 saturated heterocycles. The Morgan fingerprint density at radius 2 is 1.93 bits per heavy atom. The fourth-order valence-electron chi connectivity index (χ4n) is 3.32. The molecule has 0 aliphatic carbocycles. The summed E-state index contributed by atoms with van der Waals surface area (Å²) in [5.41, 5.74) is 0.133. The number of hydrogen-bond donors (Lipinski definition) is 2. The van der Waals surface area contributed by atoms with Crippen LogP contribution in [0.4, 0.5) is 5.69 Å². The molecule has 8 nitrogen and oxygen atoms in total. The number of halogens is 1. The lowest BCUT2D eigenvalue weighted by atomic mass is 10.1. The molecule has 0 saturated carbocycles. The number of hydrogen-bond acceptors (Lipinski definition) is 5. The maximum atomic E-state index is 12.9. The minimum absolute atomic E-state index is 0.102. The van der Waals surface area contributed by atoms with Crippen molar-refractivity contribution in [2.45, 2.75) is 13.1 Å². The van der Waals surface area contributed by atoms with E-state index in [9.17, 15) is 19.5 Å². The third-order valence-corrected chi connectivity index (χ3v) is 5.05. The summed E-state index contributed by atoms with van der Waals surface area (Å²) in [6.45, 7) is 1.03. The van der Waals surface area contributed by atoms with Gasteiger partial charge < -0.3 is 19.9 Å².